The first-order chi connectivity index (χ1) is 12.7. The summed E-state index contributed by atoms with van der Waals surface area (Å²) in [6.07, 6.45) is 7.62. The molecule has 0 spiro atoms. The van der Waals surface area contributed by atoms with Crippen molar-refractivity contribution in [2.75, 3.05) is 39.3 Å². The molecule has 0 unspecified atom stereocenters. The van der Waals surface area contributed by atoms with Crippen molar-refractivity contribution in [3.63, 3.8) is 0 Å². The number of halogens is 1. The van der Waals surface area contributed by atoms with Crippen LogP contribution in [0.3, 0.4) is 0 Å². The highest BCUT2D eigenvalue weighted by Crippen LogP contribution is 2.15. The van der Waals surface area contributed by atoms with Crippen molar-refractivity contribution in [1.82, 2.24) is 30.3 Å². The summed E-state index contributed by atoms with van der Waals surface area (Å²) in [7, 11) is 0. The molecule has 1 aromatic rings. The van der Waals surface area contributed by atoms with Gasteiger partial charge in [0.15, 0.2) is 5.96 Å². The Hall–Kier alpha value is -0.900. The molecule has 1 saturated heterocycles. The number of rotatable bonds is 10. The maximum atomic E-state index is 4.64. The Kier molecular flexibility index (Phi) is 12.6. The summed E-state index contributed by atoms with van der Waals surface area (Å²) in [6, 6.07) is 0. The standard InChI is InChI=1S/C19H37N7.HI/c1-4-9-20-19(22-11-15-26-16-23-24-18(26)5-2)21-10-6-12-25-13-7-17(3)8-14-25;/h16-17H,4-15H2,1-3H3,(H2,20,21,22);1H. The Morgan fingerprint density at radius 3 is 2.63 bits per heavy atom. The van der Waals surface area contributed by atoms with E-state index in [9.17, 15) is 0 Å². The minimum atomic E-state index is 0. The molecule has 1 aromatic heterocycles. The maximum absolute atomic E-state index is 4.64. The summed E-state index contributed by atoms with van der Waals surface area (Å²) < 4.78 is 2.10. The van der Waals surface area contributed by atoms with E-state index in [0.717, 1.165) is 63.1 Å². The first-order valence-corrected chi connectivity index (χ1v) is 10.3. The highest BCUT2D eigenvalue weighted by Gasteiger charge is 2.14. The molecule has 0 radical (unpaired) electrons. The number of aromatic nitrogens is 3. The molecular weight excluding hydrogens is 453 g/mol. The lowest BCUT2D eigenvalue weighted by Gasteiger charge is -2.30. The number of aryl methyl sites for hydroxylation is 1. The highest BCUT2D eigenvalue weighted by atomic mass is 127. The van der Waals surface area contributed by atoms with Gasteiger partial charge in [0.25, 0.3) is 0 Å². The van der Waals surface area contributed by atoms with Gasteiger partial charge in [-0.3, -0.25) is 4.99 Å². The largest absolute Gasteiger partial charge is 0.356 e. The first-order valence-electron chi connectivity index (χ1n) is 10.3. The second kappa shape index (κ2) is 14.1. The minimum absolute atomic E-state index is 0. The van der Waals surface area contributed by atoms with Gasteiger partial charge in [-0.25, -0.2) is 0 Å². The molecule has 1 aliphatic rings. The average molecular weight is 491 g/mol. The van der Waals surface area contributed by atoms with Gasteiger partial charge in [-0.05, 0) is 51.2 Å². The molecule has 1 fully saturated rings. The quantitative estimate of drug-likeness (QED) is 0.228. The summed E-state index contributed by atoms with van der Waals surface area (Å²) in [5.41, 5.74) is 0. The van der Waals surface area contributed by atoms with Crippen LogP contribution in [0.1, 0.15) is 52.3 Å². The summed E-state index contributed by atoms with van der Waals surface area (Å²) >= 11 is 0. The van der Waals surface area contributed by atoms with Crippen molar-refractivity contribution >= 4 is 29.9 Å². The molecule has 0 amide bonds. The Labute approximate surface area is 181 Å². The van der Waals surface area contributed by atoms with Crippen molar-refractivity contribution in [3.8, 4) is 0 Å². The van der Waals surface area contributed by atoms with E-state index in [2.05, 4.69) is 56.1 Å². The smallest absolute Gasteiger partial charge is 0.191 e. The zero-order chi connectivity index (χ0) is 18.6. The molecule has 0 saturated carbocycles. The van der Waals surface area contributed by atoms with Crippen LogP contribution in [-0.2, 0) is 13.0 Å². The van der Waals surface area contributed by atoms with Crippen LogP contribution in [0, 0.1) is 5.92 Å². The van der Waals surface area contributed by atoms with Crippen LogP contribution in [0.25, 0.3) is 0 Å². The molecule has 0 atom stereocenters. The van der Waals surface area contributed by atoms with E-state index in [0.29, 0.717) is 0 Å². The maximum Gasteiger partial charge on any atom is 0.191 e. The van der Waals surface area contributed by atoms with Gasteiger partial charge in [0.05, 0.1) is 0 Å². The molecule has 1 aliphatic heterocycles. The molecule has 2 N–H and O–H groups in total. The van der Waals surface area contributed by atoms with Crippen molar-refractivity contribution in [2.24, 2.45) is 10.9 Å². The van der Waals surface area contributed by atoms with Crippen molar-refractivity contribution in [2.45, 2.75) is 59.4 Å². The van der Waals surface area contributed by atoms with Crippen LogP contribution < -0.4 is 10.6 Å². The third kappa shape index (κ3) is 9.23. The second-order valence-electron chi connectivity index (χ2n) is 7.26. The monoisotopic (exact) mass is 491 g/mol. The molecule has 0 bridgehead atoms. The first kappa shape index (κ1) is 24.1. The Balaban J connectivity index is 0.00000364. The van der Waals surface area contributed by atoms with Gasteiger partial charge in [-0.15, -0.1) is 34.2 Å². The van der Waals surface area contributed by atoms with Gasteiger partial charge in [-0.2, -0.15) is 0 Å². The third-order valence-corrected chi connectivity index (χ3v) is 4.97. The number of aliphatic imine (C=N–C) groups is 1. The lowest BCUT2D eigenvalue weighted by molar-refractivity contribution is 0.191. The molecule has 2 rings (SSSR count). The van der Waals surface area contributed by atoms with Crippen molar-refractivity contribution in [3.05, 3.63) is 12.2 Å². The number of nitrogens with one attached hydrogen (secondary N) is 2. The van der Waals surface area contributed by atoms with E-state index < -0.39 is 0 Å². The van der Waals surface area contributed by atoms with Gasteiger partial charge in [0.1, 0.15) is 12.2 Å². The summed E-state index contributed by atoms with van der Waals surface area (Å²) in [5.74, 6) is 2.85. The molecule has 156 valence electrons. The number of guanidine groups is 1. The molecular formula is C19H38IN7. The average Bonchev–Trinajstić information content (AvgIpc) is 3.11. The summed E-state index contributed by atoms with van der Waals surface area (Å²) in [5, 5.41) is 15.0. The zero-order valence-electron chi connectivity index (χ0n) is 17.3. The SMILES string of the molecule is CCCN=C(NCCCN1CCC(C)CC1)NCCn1cnnc1CC.I. The van der Waals surface area contributed by atoms with E-state index in [-0.39, 0.29) is 24.0 Å². The minimum Gasteiger partial charge on any atom is -0.356 e. The Bertz CT molecular complexity index is 524. The molecule has 7 nitrogen and oxygen atoms in total. The van der Waals surface area contributed by atoms with Crippen LogP contribution in [0.4, 0.5) is 0 Å². The normalized spacial score (nSPS) is 16.2. The van der Waals surface area contributed by atoms with Gasteiger partial charge < -0.3 is 20.1 Å². The van der Waals surface area contributed by atoms with Gasteiger partial charge in [-0.1, -0.05) is 20.8 Å². The predicted octanol–water partition coefficient (Wildman–Crippen LogP) is 2.53. The fourth-order valence-electron chi connectivity index (χ4n) is 3.23. The van der Waals surface area contributed by atoms with Gasteiger partial charge >= 0.3 is 0 Å². The lowest BCUT2D eigenvalue weighted by Crippen LogP contribution is -2.41. The molecule has 27 heavy (non-hydrogen) atoms. The molecule has 0 aromatic carbocycles. The lowest BCUT2D eigenvalue weighted by atomic mass is 9.99. The van der Waals surface area contributed by atoms with E-state index in [1.165, 1.54) is 32.5 Å². The van der Waals surface area contributed by atoms with Crippen LogP contribution >= 0.6 is 24.0 Å². The van der Waals surface area contributed by atoms with Crippen molar-refractivity contribution < 1.29 is 0 Å². The summed E-state index contributed by atoms with van der Waals surface area (Å²) in [4.78, 5) is 7.23. The third-order valence-electron chi connectivity index (χ3n) is 4.97. The van der Waals surface area contributed by atoms with Crippen molar-refractivity contribution in [1.29, 1.82) is 0 Å². The fraction of sp³-hybridized carbons (Fsp3) is 0.842. The highest BCUT2D eigenvalue weighted by molar-refractivity contribution is 14.0. The number of hydrogen-bond acceptors (Lipinski definition) is 4. The Morgan fingerprint density at radius 2 is 1.93 bits per heavy atom. The van der Waals surface area contributed by atoms with Crippen LogP contribution in [0.5, 0.6) is 0 Å². The van der Waals surface area contributed by atoms with E-state index in [4.69, 9.17) is 0 Å². The number of nitrogens with zero attached hydrogens (tertiary/aromatic N) is 5. The van der Waals surface area contributed by atoms with E-state index in [1.807, 2.05) is 0 Å². The molecule has 8 heteroatoms. The zero-order valence-corrected chi connectivity index (χ0v) is 19.6. The van der Waals surface area contributed by atoms with E-state index >= 15 is 0 Å². The van der Waals surface area contributed by atoms with Crippen LogP contribution in [-0.4, -0.2) is 64.9 Å². The van der Waals surface area contributed by atoms with Crippen LogP contribution in [0.2, 0.25) is 0 Å². The number of hydrogen-bond donors (Lipinski definition) is 2. The fourth-order valence-corrected chi connectivity index (χ4v) is 3.23. The number of piperidine rings is 1. The predicted molar refractivity (Wildman–Crippen MR) is 123 cm³/mol. The molecule has 2 heterocycles. The second-order valence-corrected chi connectivity index (χ2v) is 7.26. The molecule has 0 aliphatic carbocycles. The summed E-state index contributed by atoms with van der Waals surface area (Å²) in [6.45, 7) is 13.8. The van der Waals surface area contributed by atoms with E-state index in [1.54, 1.807) is 6.33 Å². The number of likely N-dealkylation sites (tertiary alicyclic amines) is 1. The van der Waals surface area contributed by atoms with Gasteiger partial charge in [0.2, 0.25) is 0 Å². The Morgan fingerprint density at radius 1 is 1.19 bits per heavy atom. The van der Waals surface area contributed by atoms with Crippen LogP contribution in [0.15, 0.2) is 11.3 Å². The van der Waals surface area contributed by atoms with Gasteiger partial charge in [0, 0.05) is 32.6 Å². The topological polar surface area (TPSA) is 70.4 Å².